The summed E-state index contributed by atoms with van der Waals surface area (Å²) < 4.78 is 38.5. The van der Waals surface area contributed by atoms with Gasteiger partial charge < -0.3 is 20.9 Å². The van der Waals surface area contributed by atoms with Gasteiger partial charge in [-0.05, 0) is 54.7 Å². The Morgan fingerprint density at radius 3 is 2.31 bits per heavy atom. The van der Waals surface area contributed by atoms with Crippen LogP contribution in [0.5, 0.6) is 0 Å². The summed E-state index contributed by atoms with van der Waals surface area (Å²) in [6.45, 7) is 3.65. The maximum Gasteiger partial charge on any atom is 0.405 e. The standard InChI is InChI=1S/C37H49ClF3N5O6/c1-35(2,3)31(44-29(47)16-23-9-5-4-6-10-23)34(51)46-21-36(18-27(45-52-36)24-13-8-14-25(38)17-24)19-28(46)32(49)43-26(15-22-11-7-12-22)30(48)33(50)42-20-37(39,40)41/h8,13-14,17-18,22-23,26,28,31,45H,4-7,9-12,15-16,19-21H2,1-3H3,(H,42,50)(H,43,49)(H,44,47)/t26?,28-,31+,36+/m0/s1. The number of carbonyl (C=O) groups excluding carboxylic acids is 5. The van der Waals surface area contributed by atoms with Gasteiger partial charge in [-0.1, -0.05) is 83.0 Å². The number of alkyl halides is 3. The van der Waals surface area contributed by atoms with E-state index in [1.807, 2.05) is 26.8 Å². The molecule has 1 aromatic carbocycles. The van der Waals surface area contributed by atoms with Gasteiger partial charge in [0.2, 0.25) is 23.5 Å². The predicted molar refractivity (Wildman–Crippen MR) is 187 cm³/mol. The number of likely N-dealkylation sites (tertiary alicyclic amines) is 1. The summed E-state index contributed by atoms with van der Waals surface area (Å²) in [5.41, 5.74) is 2.18. The van der Waals surface area contributed by atoms with Crippen molar-refractivity contribution in [2.45, 2.75) is 121 Å². The molecule has 11 nitrogen and oxygen atoms in total. The number of hydroxylamine groups is 1. The SMILES string of the molecule is CC(C)(C)[C@H](NC(=O)CC1CCCCC1)C(=O)N1C[C@@]2(C=C(c3cccc(Cl)c3)NO2)C[C@H]1C(=O)NC(CC1CCC1)C(=O)C(=O)NCC(F)(F)F. The monoisotopic (exact) mass is 751 g/mol. The third-order valence-corrected chi connectivity index (χ3v) is 10.8. The number of halogens is 4. The van der Waals surface area contributed by atoms with Crippen LogP contribution in [0.25, 0.3) is 5.70 Å². The first-order valence-corrected chi connectivity index (χ1v) is 18.5. The number of nitrogens with one attached hydrogen (secondary N) is 4. The fourth-order valence-corrected chi connectivity index (χ4v) is 7.69. The van der Waals surface area contributed by atoms with Gasteiger partial charge >= 0.3 is 6.18 Å². The molecular weight excluding hydrogens is 703 g/mol. The summed E-state index contributed by atoms with van der Waals surface area (Å²) in [5, 5.41) is 7.67. The number of hydrogen-bond acceptors (Lipinski definition) is 7. The molecule has 286 valence electrons. The van der Waals surface area contributed by atoms with Crippen molar-refractivity contribution < 1.29 is 42.0 Å². The van der Waals surface area contributed by atoms with Crippen molar-refractivity contribution in [2.75, 3.05) is 13.1 Å². The molecule has 3 fully saturated rings. The van der Waals surface area contributed by atoms with Crippen molar-refractivity contribution in [3.05, 3.63) is 40.9 Å². The lowest BCUT2D eigenvalue weighted by Gasteiger charge is -2.36. The summed E-state index contributed by atoms with van der Waals surface area (Å²) in [4.78, 5) is 75.4. The molecule has 1 spiro atoms. The fraction of sp³-hybridized carbons (Fsp3) is 0.649. The van der Waals surface area contributed by atoms with Gasteiger partial charge in [0, 0.05) is 23.4 Å². The quantitative estimate of drug-likeness (QED) is 0.221. The van der Waals surface area contributed by atoms with Gasteiger partial charge in [-0.2, -0.15) is 13.2 Å². The molecule has 4 atom stereocenters. The topological polar surface area (TPSA) is 146 Å². The highest BCUT2D eigenvalue weighted by Gasteiger charge is 2.54. The van der Waals surface area contributed by atoms with Gasteiger partial charge in [-0.3, -0.25) is 34.3 Å². The Kier molecular flexibility index (Phi) is 12.3. The van der Waals surface area contributed by atoms with Crippen molar-refractivity contribution in [3.63, 3.8) is 0 Å². The van der Waals surface area contributed by atoms with E-state index in [1.165, 1.54) is 4.90 Å². The van der Waals surface area contributed by atoms with E-state index < -0.39 is 65.4 Å². The lowest BCUT2D eigenvalue weighted by molar-refractivity contribution is -0.148. The largest absolute Gasteiger partial charge is 0.405 e. The van der Waals surface area contributed by atoms with Gasteiger partial charge in [0.25, 0.3) is 5.91 Å². The van der Waals surface area contributed by atoms with Gasteiger partial charge in [0.15, 0.2) is 0 Å². The Labute approximate surface area is 307 Å². The van der Waals surface area contributed by atoms with Gasteiger partial charge in [0.1, 0.15) is 24.2 Å². The van der Waals surface area contributed by atoms with Crippen LogP contribution >= 0.6 is 11.6 Å². The third-order valence-electron chi connectivity index (χ3n) is 10.6. The molecule has 4 N–H and O–H groups in total. The minimum atomic E-state index is -4.73. The van der Waals surface area contributed by atoms with Crippen LogP contribution in [0.3, 0.4) is 0 Å². The summed E-state index contributed by atoms with van der Waals surface area (Å²) in [6, 6.07) is 3.36. The number of Topliss-reactive ketones (excluding diaryl/α,β-unsaturated/α-hetero) is 1. The van der Waals surface area contributed by atoms with Crippen LogP contribution in [0, 0.1) is 17.3 Å². The number of ketones is 1. The molecule has 1 saturated heterocycles. The lowest BCUT2D eigenvalue weighted by Crippen LogP contribution is -2.59. The Balaban J connectivity index is 1.42. The summed E-state index contributed by atoms with van der Waals surface area (Å²) in [5.74, 6) is -3.98. The number of rotatable bonds is 12. The molecule has 4 aliphatic rings. The number of carbonyl (C=O) groups is 5. The fourth-order valence-electron chi connectivity index (χ4n) is 7.50. The molecule has 4 amide bonds. The van der Waals surface area contributed by atoms with Crippen LogP contribution in [-0.4, -0.2) is 77.3 Å². The zero-order chi connectivity index (χ0) is 37.8. The lowest BCUT2D eigenvalue weighted by atomic mass is 9.80. The number of amides is 4. The maximum absolute atomic E-state index is 14.6. The molecule has 0 bridgehead atoms. The van der Waals surface area contributed by atoms with Crippen molar-refractivity contribution in [2.24, 2.45) is 17.3 Å². The molecule has 0 aromatic heterocycles. The Morgan fingerprint density at radius 1 is 1.00 bits per heavy atom. The summed E-state index contributed by atoms with van der Waals surface area (Å²) in [7, 11) is 0. The van der Waals surface area contributed by atoms with E-state index in [0.717, 1.165) is 51.4 Å². The highest BCUT2D eigenvalue weighted by molar-refractivity contribution is 6.38. The average Bonchev–Trinajstić information content (AvgIpc) is 3.66. The van der Waals surface area contributed by atoms with Crippen LogP contribution in [-0.2, 0) is 28.8 Å². The van der Waals surface area contributed by atoms with Crippen LogP contribution in [0.15, 0.2) is 30.3 Å². The van der Waals surface area contributed by atoms with Crippen molar-refractivity contribution in [3.8, 4) is 0 Å². The molecule has 2 aliphatic carbocycles. The predicted octanol–water partition coefficient (Wildman–Crippen LogP) is 4.98. The first-order valence-electron chi connectivity index (χ1n) is 18.1. The zero-order valence-corrected chi connectivity index (χ0v) is 30.6. The van der Waals surface area contributed by atoms with Crippen LogP contribution in [0.4, 0.5) is 13.2 Å². The first kappa shape index (κ1) is 39.6. The van der Waals surface area contributed by atoms with Crippen molar-refractivity contribution in [1.29, 1.82) is 0 Å². The van der Waals surface area contributed by atoms with E-state index in [1.54, 1.807) is 29.6 Å². The highest BCUT2D eigenvalue weighted by atomic mass is 35.5. The Hall–Kier alpha value is -3.65. The first-order chi connectivity index (χ1) is 24.4. The van der Waals surface area contributed by atoms with E-state index in [9.17, 15) is 37.1 Å². The van der Waals surface area contributed by atoms with Gasteiger partial charge in [-0.25, -0.2) is 0 Å². The maximum atomic E-state index is 14.6. The zero-order valence-electron chi connectivity index (χ0n) is 29.9. The van der Waals surface area contributed by atoms with Gasteiger partial charge in [-0.15, -0.1) is 0 Å². The number of nitrogens with zero attached hydrogens (tertiary/aromatic N) is 1. The second kappa shape index (κ2) is 16.2. The average molecular weight is 752 g/mol. The molecule has 1 unspecified atom stereocenters. The minimum Gasteiger partial charge on any atom is -0.344 e. The Morgan fingerprint density at radius 2 is 1.69 bits per heavy atom. The number of hydrogen-bond donors (Lipinski definition) is 4. The van der Waals surface area contributed by atoms with Crippen LogP contribution in [0.1, 0.15) is 97.0 Å². The molecule has 0 radical (unpaired) electrons. The summed E-state index contributed by atoms with van der Waals surface area (Å²) in [6.07, 6.45) is 4.83. The van der Waals surface area contributed by atoms with Crippen molar-refractivity contribution >= 4 is 46.7 Å². The summed E-state index contributed by atoms with van der Waals surface area (Å²) >= 11 is 6.23. The third kappa shape index (κ3) is 10.1. The molecule has 15 heteroatoms. The molecule has 2 aliphatic heterocycles. The molecule has 5 rings (SSSR count). The smallest absolute Gasteiger partial charge is 0.344 e. The number of benzene rings is 1. The molecule has 2 saturated carbocycles. The van der Waals surface area contributed by atoms with Crippen molar-refractivity contribution in [1.82, 2.24) is 26.3 Å². The Bertz CT molecular complexity index is 1550. The molecule has 1 aromatic rings. The molecular formula is C37H49ClF3N5O6. The second-order valence-corrected chi connectivity index (χ2v) is 16.3. The van der Waals surface area contributed by atoms with E-state index in [0.29, 0.717) is 16.3 Å². The van der Waals surface area contributed by atoms with E-state index in [2.05, 4.69) is 16.1 Å². The molecule has 2 heterocycles. The minimum absolute atomic E-state index is 0.00692. The van der Waals surface area contributed by atoms with Crippen LogP contribution < -0.4 is 21.4 Å². The normalized spacial score (nSPS) is 23.6. The second-order valence-electron chi connectivity index (χ2n) is 15.9. The van der Waals surface area contributed by atoms with E-state index >= 15 is 0 Å². The van der Waals surface area contributed by atoms with Gasteiger partial charge in [0.05, 0.1) is 18.3 Å². The highest BCUT2D eigenvalue weighted by Crippen LogP contribution is 2.39. The van der Waals surface area contributed by atoms with E-state index in [4.69, 9.17) is 16.4 Å². The van der Waals surface area contributed by atoms with Crippen LogP contribution in [0.2, 0.25) is 5.02 Å². The van der Waals surface area contributed by atoms with E-state index in [-0.39, 0.29) is 43.6 Å². The molecule has 52 heavy (non-hydrogen) atoms.